The monoisotopic (exact) mass is 500 g/mol. The van der Waals surface area contributed by atoms with Crippen molar-refractivity contribution in [1.29, 1.82) is 0 Å². The maximum absolute atomic E-state index is 13.3. The Morgan fingerprint density at radius 1 is 0.806 bits per heavy atom. The number of hydrogen-bond acceptors (Lipinski definition) is 4. The van der Waals surface area contributed by atoms with Crippen LogP contribution in [-0.2, 0) is 21.2 Å². The molecule has 0 spiro atoms. The van der Waals surface area contributed by atoms with E-state index in [4.69, 9.17) is 4.74 Å². The molecule has 0 saturated carbocycles. The fourth-order valence-corrected chi connectivity index (χ4v) is 5.36. The van der Waals surface area contributed by atoms with E-state index in [-0.39, 0.29) is 22.2 Å². The first-order chi connectivity index (χ1) is 17.4. The molecule has 0 unspecified atom stereocenters. The summed E-state index contributed by atoms with van der Waals surface area (Å²) in [6.45, 7) is -0.0955. The third-order valence-electron chi connectivity index (χ3n) is 5.60. The number of sulfone groups is 1. The minimum atomic E-state index is -3.92. The molecule has 6 nitrogen and oxygen atoms in total. The van der Waals surface area contributed by atoms with E-state index >= 15 is 0 Å². The summed E-state index contributed by atoms with van der Waals surface area (Å²) in [4.78, 5) is 12.8. The predicted molar refractivity (Wildman–Crippen MR) is 135 cm³/mol. The molecule has 1 aromatic heterocycles. The average molecular weight is 501 g/mol. The van der Waals surface area contributed by atoms with Crippen molar-refractivity contribution in [3.8, 4) is 11.5 Å². The second-order valence-corrected chi connectivity index (χ2v) is 10.0. The minimum Gasteiger partial charge on any atom is -0.457 e. The Balaban J connectivity index is 1.35. The van der Waals surface area contributed by atoms with Crippen LogP contribution < -0.4 is 10.1 Å². The van der Waals surface area contributed by atoms with Gasteiger partial charge < -0.3 is 14.6 Å². The van der Waals surface area contributed by atoms with E-state index in [0.29, 0.717) is 28.1 Å². The molecule has 8 heteroatoms. The van der Waals surface area contributed by atoms with E-state index < -0.39 is 15.7 Å². The van der Waals surface area contributed by atoms with Gasteiger partial charge in [-0.25, -0.2) is 12.8 Å². The first kappa shape index (κ1) is 23.3. The van der Waals surface area contributed by atoms with Gasteiger partial charge in [0.05, 0.1) is 9.79 Å². The first-order valence-electron chi connectivity index (χ1n) is 11.1. The normalized spacial score (nSPS) is 11.4. The van der Waals surface area contributed by atoms with Gasteiger partial charge in [-0.05, 0) is 66.7 Å². The van der Waals surface area contributed by atoms with Gasteiger partial charge in [0.1, 0.15) is 23.9 Å². The summed E-state index contributed by atoms with van der Waals surface area (Å²) >= 11 is 0. The lowest BCUT2D eigenvalue weighted by Gasteiger charge is -2.09. The molecule has 1 heterocycles. The van der Waals surface area contributed by atoms with Gasteiger partial charge >= 0.3 is 0 Å². The van der Waals surface area contributed by atoms with Gasteiger partial charge in [0.15, 0.2) is 0 Å². The van der Waals surface area contributed by atoms with Crippen LogP contribution in [0.4, 0.5) is 10.1 Å². The fourth-order valence-electron chi connectivity index (χ4n) is 3.88. The van der Waals surface area contributed by atoms with Gasteiger partial charge in [0, 0.05) is 22.8 Å². The number of para-hydroxylation sites is 2. The molecule has 0 radical (unpaired) electrons. The molecule has 5 aromatic rings. The van der Waals surface area contributed by atoms with Crippen LogP contribution in [0.15, 0.2) is 119 Å². The van der Waals surface area contributed by atoms with E-state index in [1.165, 1.54) is 18.3 Å². The van der Waals surface area contributed by atoms with E-state index in [1.807, 2.05) is 30.3 Å². The number of benzene rings is 4. The van der Waals surface area contributed by atoms with E-state index in [1.54, 1.807) is 53.1 Å². The minimum absolute atomic E-state index is 0.0194. The number of carbonyl (C=O) groups is 1. The lowest BCUT2D eigenvalue weighted by Crippen LogP contribution is -2.18. The highest BCUT2D eigenvalue weighted by molar-refractivity contribution is 7.91. The summed E-state index contributed by atoms with van der Waals surface area (Å²) in [7, 11) is -3.92. The Labute approximate surface area is 207 Å². The van der Waals surface area contributed by atoms with E-state index in [2.05, 4.69) is 5.32 Å². The van der Waals surface area contributed by atoms with E-state index in [9.17, 15) is 17.6 Å². The van der Waals surface area contributed by atoms with Crippen molar-refractivity contribution in [2.45, 2.75) is 16.3 Å². The second-order valence-electron chi connectivity index (χ2n) is 8.08. The highest BCUT2D eigenvalue weighted by Gasteiger charge is 2.24. The molecule has 36 heavy (non-hydrogen) atoms. The van der Waals surface area contributed by atoms with Gasteiger partial charge in [0.25, 0.3) is 0 Å². The van der Waals surface area contributed by atoms with Gasteiger partial charge in [-0.15, -0.1) is 0 Å². The smallest absolute Gasteiger partial charge is 0.244 e. The largest absolute Gasteiger partial charge is 0.457 e. The van der Waals surface area contributed by atoms with Crippen LogP contribution in [0.3, 0.4) is 0 Å². The molecular formula is C28H21FN2O4S. The summed E-state index contributed by atoms with van der Waals surface area (Å²) in [6, 6.07) is 27.9. The van der Waals surface area contributed by atoms with Gasteiger partial charge in [-0.1, -0.05) is 36.4 Å². The summed E-state index contributed by atoms with van der Waals surface area (Å²) in [5, 5.41) is 3.31. The predicted octanol–water partition coefficient (Wildman–Crippen LogP) is 6.04. The molecular weight excluding hydrogens is 479 g/mol. The Hall–Kier alpha value is -4.43. The lowest BCUT2D eigenvalue weighted by atomic mass is 10.2. The Morgan fingerprint density at radius 3 is 2.17 bits per heavy atom. The number of aromatic nitrogens is 1. The number of amides is 1. The van der Waals surface area contributed by atoms with Gasteiger partial charge in [0.2, 0.25) is 15.7 Å². The van der Waals surface area contributed by atoms with Crippen molar-refractivity contribution >= 4 is 32.3 Å². The number of hydrogen-bond donors (Lipinski definition) is 1. The maximum Gasteiger partial charge on any atom is 0.244 e. The number of nitrogens with one attached hydrogen (secondary N) is 1. The number of anilines is 1. The Bertz CT molecular complexity index is 1630. The molecule has 1 amide bonds. The van der Waals surface area contributed by atoms with Crippen molar-refractivity contribution in [2.24, 2.45) is 0 Å². The quantitative estimate of drug-likeness (QED) is 0.276. The number of ether oxygens (including phenoxy) is 1. The Kier molecular flexibility index (Phi) is 6.26. The zero-order valence-electron chi connectivity index (χ0n) is 19.0. The summed E-state index contributed by atoms with van der Waals surface area (Å²) in [6.07, 6.45) is 1.44. The molecule has 1 N–H and O–H groups in total. The van der Waals surface area contributed by atoms with Gasteiger partial charge in [-0.3, -0.25) is 4.79 Å². The zero-order chi connectivity index (χ0) is 25.1. The number of halogens is 1. The topological polar surface area (TPSA) is 77.4 Å². The highest BCUT2D eigenvalue weighted by atomic mass is 32.2. The maximum atomic E-state index is 13.3. The average Bonchev–Trinajstić information content (AvgIpc) is 3.25. The molecule has 0 aliphatic heterocycles. The van der Waals surface area contributed by atoms with Crippen molar-refractivity contribution in [3.63, 3.8) is 0 Å². The third kappa shape index (κ3) is 4.85. The summed E-state index contributed by atoms with van der Waals surface area (Å²) in [5.41, 5.74) is 1.18. The zero-order valence-corrected chi connectivity index (χ0v) is 19.8. The van der Waals surface area contributed by atoms with Crippen LogP contribution in [0.25, 0.3) is 10.9 Å². The van der Waals surface area contributed by atoms with Gasteiger partial charge in [-0.2, -0.15) is 0 Å². The SMILES string of the molecule is O=C(Cn1cc(S(=O)(=O)c2ccc(F)cc2)c2ccccc21)Nc1ccc(Oc2ccccc2)cc1. The summed E-state index contributed by atoms with van der Waals surface area (Å²) < 4.78 is 47.2. The number of carbonyl (C=O) groups excluding carboxylic acids is 1. The van der Waals surface area contributed by atoms with Crippen LogP contribution in [0.1, 0.15) is 0 Å². The van der Waals surface area contributed by atoms with Crippen LogP contribution in [-0.4, -0.2) is 18.9 Å². The molecule has 0 atom stereocenters. The molecule has 0 saturated heterocycles. The molecule has 0 bridgehead atoms. The standard InChI is InChI=1S/C28H21FN2O4S/c29-20-10-16-24(17-11-20)36(33,34)27-18-31(26-9-5-4-8-25(26)27)19-28(32)30-21-12-14-23(15-13-21)35-22-6-2-1-3-7-22/h1-18H,19H2,(H,30,32). The number of rotatable bonds is 7. The fraction of sp³-hybridized carbons (Fsp3) is 0.0357. The van der Waals surface area contributed by atoms with Crippen molar-refractivity contribution in [2.75, 3.05) is 5.32 Å². The lowest BCUT2D eigenvalue weighted by molar-refractivity contribution is -0.116. The van der Waals surface area contributed by atoms with Crippen LogP contribution in [0.2, 0.25) is 0 Å². The van der Waals surface area contributed by atoms with Crippen molar-refractivity contribution in [1.82, 2.24) is 4.57 Å². The molecule has 0 fully saturated rings. The molecule has 0 aliphatic rings. The second kappa shape index (κ2) is 9.67. The highest BCUT2D eigenvalue weighted by Crippen LogP contribution is 2.30. The third-order valence-corrected chi connectivity index (χ3v) is 7.39. The molecule has 5 rings (SSSR count). The summed E-state index contributed by atoms with van der Waals surface area (Å²) in [5.74, 6) is 0.498. The number of fused-ring (bicyclic) bond motifs is 1. The number of nitrogens with zero attached hydrogens (tertiary/aromatic N) is 1. The van der Waals surface area contributed by atoms with Crippen molar-refractivity contribution in [3.05, 3.63) is 115 Å². The Morgan fingerprint density at radius 2 is 1.44 bits per heavy atom. The van der Waals surface area contributed by atoms with Crippen LogP contribution in [0, 0.1) is 5.82 Å². The molecule has 180 valence electrons. The van der Waals surface area contributed by atoms with Crippen LogP contribution >= 0.6 is 0 Å². The molecule has 0 aliphatic carbocycles. The molecule has 4 aromatic carbocycles. The van der Waals surface area contributed by atoms with Crippen LogP contribution in [0.5, 0.6) is 11.5 Å². The van der Waals surface area contributed by atoms with Crippen molar-refractivity contribution < 1.29 is 22.3 Å². The van der Waals surface area contributed by atoms with E-state index in [0.717, 1.165) is 12.1 Å². The first-order valence-corrected chi connectivity index (χ1v) is 12.6.